The summed E-state index contributed by atoms with van der Waals surface area (Å²) < 4.78 is 10.5. The lowest BCUT2D eigenvalue weighted by Gasteiger charge is -2.08. The summed E-state index contributed by atoms with van der Waals surface area (Å²) >= 11 is 1.67. The number of carbonyl (C=O) groups is 1. The molecule has 2 amide bonds. The van der Waals surface area contributed by atoms with Gasteiger partial charge < -0.3 is 20.1 Å². The molecule has 0 bridgehead atoms. The molecule has 0 atom stereocenters. The maximum Gasteiger partial charge on any atom is 0.315 e. The monoisotopic (exact) mass is 304 g/mol. The molecule has 110 valence electrons. The van der Waals surface area contributed by atoms with E-state index >= 15 is 0 Å². The molecule has 5 nitrogen and oxygen atoms in total. The summed E-state index contributed by atoms with van der Waals surface area (Å²) in [5.74, 6) is 1.48. The van der Waals surface area contributed by atoms with Gasteiger partial charge in [0.1, 0.15) is 0 Å². The number of urea groups is 1. The third kappa shape index (κ3) is 3.66. The molecular formula is C15H16N2O3S. The molecule has 6 heteroatoms. The minimum Gasteiger partial charge on any atom is -0.454 e. The molecule has 0 fully saturated rings. The highest BCUT2D eigenvalue weighted by atomic mass is 32.1. The lowest BCUT2D eigenvalue weighted by atomic mass is 10.2. The van der Waals surface area contributed by atoms with Gasteiger partial charge in [-0.05, 0) is 46.5 Å². The second-order valence-corrected chi connectivity index (χ2v) is 5.46. The number of hydrogen-bond donors (Lipinski definition) is 2. The highest BCUT2D eigenvalue weighted by molar-refractivity contribution is 7.07. The van der Waals surface area contributed by atoms with Crippen LogP contribution in [0.5, 0.6) is 11.5 Å². The largest absolute Gasteiger partial charge is 0.454 e. The maximum absolute atomic E-state index is 11.7. The van der Waals surface area contributed by atoms with Crippen LogP contribution in [0.15, 0.2) is 35.0 Å². The van der Waals surface area contributed by atoms with Gasteiger partial charge in [-0.1, -0.05) is 6.07 Å². The molecule has 0 spiro atoms. The van der Waals surface area contributed by atoms with Crippen molar-refractivity contribution >= 4 is 17.4 Å². The minimum atomic E-state index is -0.164. The predicted molar refractivity (Wildman–Crippen MR) is 80.8 cm³/mol. The molecule has 1 aromatic carbocycles. The number of ether oxygens (including phenoxy) is 2. The van der Waals surface area contributed by atoms with Crippen molar-refractivity contribution in [1.29, 1.82) is 0 Å². The van der Waals surface area contributed by atoms with E-state index in [1.54, 1.807) is 11.3 Å². The second kappa shape index (κ2) is 6.49. The van der Waals surface area contributed by atoms with Gasteiger partial charge in [-0.2, -0.15) is 11.3 Å². The highest BCUT2D eigenvalue weighted by Gasteiger charge is 2.13. The molecule has 0 radical (unpaired) electrons. The normalized spacial score (nSPS) is 12.2. The third-order valence-corrected chi connectivity index (χ3v) is 3.90. The fourth-order valence-corrected chi connectivity index (χ4v) is 2.75. The van der Waals surface area contributed by atoms with Crippen LogP contribution < -0.4 is 20.1 Å². The third-order valence-electron chi connectivity index (χ3n) is 3.17. The van der Waals surface area contributed by atoms with E-state index in [9.17, 15) is 4.79 Å². The highest BCUT2D eigenvalue weighted by Crippen LogP contribution is 2.32. The topological polar surface area (TPSA) is 59.6 Å². The molecule has 0 saturated carbocycles. The van der Waals surface area contributed by atoms with Crippen LogP contribution in [0, 0.1) is 0 Å². The van der Waals surface area contributed by atoms with E-state index in [0.717, 1.165) is 23.5 Å². The minimum absolute atomic E-state index is 0.164. The Bertz CT molecular complexity index is 613. The van der Waals surface area contributed by atoms with Gasteiger partial charge in [-0.3, -0.25) is 0 Å². The lowest BCUT2D eigenvalue weighted by molar-refractivity contribution is 0.174. The van der Waals surface area contributed by atoms with Crippen molar-refractivity contribution in [2.75, 3.05) is 13.3 Å². The molecule has 0 unspecified atom stereocenters. The van der Waals surface area contributed by atoms with Crippen molar-refractivity contribution in [2.45, 2.75) is 13.0 Å². The summed E-state index contributed by atoms with van der Waals surface area (Å²) in [4.78, 5) is 11.7. The number of fused-ring (bicyclic) bond motifs is 1. The smallest absolute Gasteiger partial charge is 0.315 e. The van der Waals surface area contributed by atoms with Crippen molar-refractivity contribution in [2.24, 2.45) is 0 Å². The van der Waals surface area contributed by atoms with E-state index in [0.29, 0.717) is 13.1 Å². The Labute approximate surface area is 126 Å². The van der Waals surface area contributed by atoms with Crippen molar-refractivity contribution in [3.8, 4) is 11.5 Å². The fraction of sp³-hybridized carbons (Fsp3) is 0.267. The number of carbonyl (C=O) groups excluding carboxylic acids is 1. The van der Waals surface area contributed by atoms with Gasteiger partial charge in [-0.25, -0.2) is 4.79 Å². The number of thiophene rings is 1. The van der Waals surface area contributed by atoms with E-state index < -0.39 is 0 Å². The van der Waals surface area contributed by atoms with Gasteiger partial charge in [0.15, 0.2) is 11.5 Å². The van der Waals surface area contributed by atoms with Crippen molar-refractivity contribution in [3.05, 3.63) is 46.2 Å². The summed E-state index contributed by atoms with van der Waals surface area (Å²) in [6, 6.07) is 7.56. The average Bonchev–Trinajstić information content (AvgIpc) is 3.15. The van der Waals surface area contributed by atoms with Crippen molar-refractivity contribution in [1.82, 2.24) is 10.6 Å². The number of amides is 2. The Morgan fingerprint density at radius 2 is 2.05 bits per heavy atom. The molecule has 1 aliphatic rings. The van der Waals surface area contributed by atoms with Gasteiger partial charge in [0, 0.05) is 13.1 Å². The zero-order chi connectivity index (χ0) is 14.5. The summed E-state index contributed by atoms with van der Waals surface area (Å²) in [6.07, 6.45) is 0.848. The van der Waals surface area contributed by atoms with E-state index in [2.05, 4.69) is 22.1 Å². The molecule has 2 aromatic rings. The number of rotatable bonds is 5. The Kier molecular flexibility index (Phi) is 4.25. The van der Waals surface area contributed by atoms with E-state index in [1.165, 1.54) is 5.56 Å². The standard InChI is InChI=1S/C15H16N2O3S/c18-15(16-5-3-11-4-6-21-9-11)17-8-12-1-2-13-14(7-12)20-10-19-13/h1-2,4,6-7,9H,3,5,8,10H2,(H2,16,17,18). The Morgan fingerprint density at radius 3 is 2.90 bits per heavy atom. The van der Waals surface area contributed by atoms with E-state index in [-0.39, 0.29) is 12.8 Å². The molecule has 3 rings (SSSR count). The fourth-order valence-electron chi connectivity index (χ4n) is 2.05. The number of benzene rings is 1. The summed E-state index contributed by atoms with van der Waals surface area (Å²) in [5, 5.41) is 9.79. The molecule has 0 aliphatic carbocycles. The Balaban J connectivity index is 1.41. The quantitative estimate of drug-likeness (QED) is 0.892. The second-order valence-electron chi connectivity index (χ2n) is 4.68. The molecular weight excluding hydrogens is 288 g/mol. The molecule has 2 N–H and O–H groups in total. The van der Waals surface area contributed by atoms with E-state index in [4.69, 9.17) is 9.47 Å². The SMILES string of the molecule is O=C(NCCc1ccsc1)NCc1ccc2c(c1)OCO2. The zero-order valence-corrected chi connectivity index (χ0v) is 12.2. The van der Waals surface area contributed by atoms with Crippen LogP contribution in [-0.2, 0) is 13.0 Å². The maximum atomic E-state index is 11.7. The molecule has 1 aromatic heterocycles. The molecule has 2 heterocycles. The van der Waals surface area contributed by atoms with E-state index in [1.807, 2.05) is 23.6 Å². The average molecular weight is 304 g/mol. The van der Waals surface area contributed by atoms with Crippen LogP contribution in [-0.4, -0.2) is 19.4 Å². The van der Waals surface area contributed by atoms with Crippen LogP contribution in [0.3, 0.4) is 0 Å². The van der Waals surface area contributed by atoms with Gasteiger partial charge in [0.05, 0.1) is 0 Å². The Hall–Kier alpha value is -2.21. The van der Waals surface area contributed by atoms with Crippen LogP contribution >= 0.6 is 11.3 Å². The molecule has 1 aliphatic heterocycles. The zero-order valence-electron chi connectivity index (χ0n) is 11.4. The number of nitrogens with one attached hydrogen (secondary N) is 2. The summed E-state index contributed by atoms with van der Waals surface area (Å²) in [6.45, 7) is 1.35. The Morgan fingerprint density at radius 1 is 1.14 bits per heavy atom. The van der Waals surface area contributed by atoms with Crippen LogP contribution in [0.1, 0.15) is 11.1 Å². The van der Waals surface area contributed by atoms with Gasteiger partial charge in [-0.15, -0.1) is 0 Å². The first-order valence-electron chi connectivity index (χ1n) is 6.72. The van der Waals surface area contributed by atoms with Gasteiger partial charge in [0.25, 0.3) is 0 Å². The van der Waals surface area contributed by atoms with Crippen LogP contribution in [0.2, 0.25) is 0 Å². The first-order chi connectivity index (χ1) is 10.3. The first-order valence-corrected chi connectivity index (χ1v) is 7.67. The van der Waals surface area contributed by atoms with Gasteiger partial charge >= 0.3 is 6.03 Å². The number of hydrogen-bond acceptors (Lipinski definition) is 4. The molecule has 21 heavy (non-hydrogen) atoms. The summed E-state index contributed by atoms with van der Waals surface area (Å²) in [5.41, 5.74) is 2.23. The van der Waals surface area contributed by atoms with Crippen molar-refractivity contribution in [3.63, 3.8) is 0 Å². The lowest BCUT2D eigenvalue weighted by Crippen LogP contribution is -2.36. The van der Waals surface area contributed by atoms with Gasteiger partial charge in [0.2, 0.25) is 6.79 Å². The van der Waals surface area contributed by atoms with Crippen molar-refractivity contribution < 1.29 is 14.3 Å². The summed E-state index contributed by atoms with van der Waals surface area (Å²) in [7, 11) is 0. The van der Waals surface area contributed by atoms with Crippen LogP contribution in [0.25, 0.3) is 0 Å². The predicted octanol–water partition coefficient (Wildman–Crippen LogP) is 2.52. The van der Waals surface area contributed by atoms with Crippen LogP contribution in [0.4, 0.5) is 4.79 Å². The first kappa shape index (κ1) is 13.8. The molecule has 0 saturated heterocycles.